The molecular weight excluding hydrogens is 232 g/mol. The van der Waals surface area contributed by atoms with Crippen molar-refractivity contribution in [2.24, 2.45) is 0 Å². The van der Waals surface area contributed by atoms with Crippen molar-refractivity contribution in [3.63, 3.8) is 0 Å². The Morgan fingerprint density at radius 2 is 2.25 bits per heavy atom. The van der Waals surface area contributed by atoms with E-state index in [-0.39, 0.29) is 10.7 Å². The van der Waals surface area contributed by atoms with Gasteiger partial charge < -0.3 is 5.11 Å². The van der Waals surface area contributed by atoms with E-state index in [0.717, 1.165) is 12.8 Å². The summed E-state index contributed by atoms with van der Waals surface area (Å²) in [4.78, 5) is 18.9. The van der Waals surface area contributed by atoms with Crippen LogP contribution in [0.3, 0.4) is 0 Å². The van der Waals surface area contributed by atoms with Crippen LogP contribution in [0.4, 0.5) is 0 Å². The van der Waals surface area contributed by atoms with Gasteiger partial charge in [-0.15, -0.1) is 5.10 Å². The number of aromatic nitrogens is 4. The SMILES string of the molecule is O=C(O)c1cn2nc(C3CC3)nc2nc1Cl. The molecule has 1 fully saturated rings. The maximum absolute atomic E-state index is 10.8. The Balaban J connectivity index is 2.19. The van der Waals surface area contributed by atoms with Crippen molar-refractivity contribution in [1.82, 2.24) is 19.6 Å². The number of carboxylic acids is 1. The van der Waals surface area contributed by atoms with Gasteiger partial charge in [-0.1, -0.05) is 11.6 Å². The fourth-order valence-electron chi connectivity index (χ4n) is 1.48. The zero-order valence-electron chi connectivity index (χ0n) is 8.09. The molecule has 2 aromatic rings. The maximum Gasteiger partial charge on any atom is 0.340 e. The van der Waals surface area contributed by atoms with Gasteiger partial charge in [0.25, 0.3) is 5.78 Å². The minimum atomic E-state index is -1.12. The van der Waals surface area contributed by atoms with Crippen LogP contribution < -0.4 is 0 Å². The largest absolute Gasteiger partial charge is 0.478 e. The zero-order valence-corrected chi connectivity index (χ0v) is 8.85. The molecule has 0 aliphatic heterocycles. The molecule has 82 valence electrons. The molecule has 0 atom stereocenters. The normalized spacial score (nSPS) is 15.6. The lowest BCUT2D eigenvalue weighted by molar-refractivity contribution is 0.0696. The molecule has 1 N–H and O–H groups in total. The Morgan fingerprint density at radius 1 is 1.50 bits per heavy atom. The average molecular weight is 239 g/mol. The quantitative estimate of drug-likeness (QED) is 0.799. The van der Waals surface area contributed by atoms with Crippen molar-refractivity contribution in [2.45, 2.75) is 18.8 Å². The minimum absolute atomic E-state index is 0.0604. The van der Waals surface area contributed by atoms with Crippen molar-refractivity contribution >= 4 is 23.3 Å². The van der Waals surface area contributed by atoms with E-state index in [4.69, 9.17) is 16.7 Å². The van der Waals surface area contributed by atoms with Gasteiger partial charge in [0, 0.05) is 5.92 Å². The third-order valence-corrected chi connectivity index (χ3v) is 2.76. The van der Waals surface area contributed by atoms with Crippen LogP contribution in [0.2, 0.25) is 5.15 Å². The van der Waals surface area contributed by atoms with Gasteiger partial charge in [-0.05, 0) is 12.8 Å². The molecule has 0 radical (unpaired) electrons. The molecule has 0 bridgehead atoms. The fraction of sp³-hybridized carbons (Fsp3) is 0.333. The number of fused-ring (bicyclic) bond motifs is 1. The number of halogens is 1. The van der Waals surface area contributed by atoms with E-state index in [0.29, 0.717) is 17.5 Å². The molecule has 3 rings (SSSR count). The van der Waals surface area contributed by atoms with E-state index >= 15 is 0 Å². The Hall–Kier alpha value is -1.69. The second kappa shape index (κ2) is 3.15. The first kappa shape index (κ1) is 9.53. The van der Waals surface area contributed by atoms with Crippen molar-refractivity contribution in [3.05, 3.63) is 22.7 Å². The van der Waals surface area contributed by atoms with E-state index in [1.807, 2.05) is 0 Å². The number of carbonyl (C=O) groups is 1. The molecule has 1 aliphatic carbocycles. The first-order chi connectivity index (χ1) is 7.65. The topological polar surface area (TPSA) is 80.4 Å². The lowest BCUT2D eigenvalue weighted by Gasteiger charge is -1.97. The molecule has 0 saturated heterocycles. The van der Waals surface area contributed by atoms with E-state index in [2.05, 4.69) is 15.1 Å². The number of nitrogens with zero attached hydrogens (tertiary/aromatic N) is 4. The molecule has 7 heteroatoms. The Kier molecular flexibility index (Phi) is 1.88. The highest BCUT2D eigenvalue weighted by molar-refractivity contribution is 6.32. The number of hydrogen-bond donors (Lipinski definition) is 1. The summed E-state index contributed by atoms with van der Waals surface area (Å²) in [6.45, 7) is 0. The van der Waals surface area contributed by atoms with Gasteiger partial charge in [-0.25, -0.2) is 9.31 Å². The number of carboxylic acid groups (broad SMARTS) is 1. The number of hydrogen-bond acceptors (Lipinski definition) is 4. The van der Waals surface area contributed by atoms with Crippen LogP contribution in [-0.4, -0.2) is 30.7 Å². The molecule has 1 saturated carbocycles. The first-order valence-corrected chi connectivity index (χ1v) is 5.19. The number of aromatic carboxylic acids is 1. The molecular formula is C9H7ClN4O2. The monoisotopic (exact) mass is 238 g/mol. The first-order valence-electron chi connectivity index (χ1n) is 4.81. The third kappa shape index (κ3) is 1.42. The van der Waals surface area contributed by atoms with Crippen molar-refractivity contribution in [2.75, 3.05) is 0 Å². The Morgan fingerprint density at radius 3 is 2.88 bits per heavy atom. The van der Waals surface area contributed by atoms with Gasteiger partial charge >= 0.3 is 5.97 Å². The van der Waals surface area contributed by atoms with Crippen LogP contribution in [0, 0.1) is 0 Å². The maximum atomic E-state index is 10.8. The molecule has 6 nitrogen and oxygen atoms in total. The second-order valence-electron chi connectivity index (χ2n) is 3.74. The molecule has 2 heterocycles. The second-order valence-corrected chi connectivity index (χ2v) is 4.10. The minimum Gasteiger partial charge on any atom is -0.478 e. The lowest BCUT2D eigenvalue weighted by atomic mass is 10.3. The zero-order chi connectivity index (χ0) is 11.3. The average Bonchev–Trinajstić information content (AvgIpc) is 2.98. The van der Waals surface area contributed by atoms with E-state index in [9.17, 15) is 4.79 Å². The lowest BCUT2D eigenvalue weighted by Crippen LogP contribution is -2.03. The van der Waals surface area contributed by atoms with Crippen LogP contribution in [0.1, 0.15) is 34.9 Å². The van der Waals surface area contributed by atoms with Gasteiger partial charge in [0.15, 0.2) is 5.82 Å². The Bertz CT molecular complexity index is 590. The molecule has 0 aromatic carbocycles. The highest BCUT2D eigenvalue weighted by Gasteiger charge is 2.28. The Labute approximate surface area is 94.9 Å². The van der Waals surface area contributed by atoms with Crippen molar-refractivity contribution in [3.8, 4) is 0 Å². The summed E-state index contributed by atoms with van der Waals surface area (Å²) in [5, 5.41) is 13.0. The van der Waals surface area contributed by atoms with E-state index in [1.54, 1.807) is 0 Å². The molecule has 0 spiro atoms. The van der Waals surface area contributed by atoms with E-state index < -0.39 is 5.97 Å². The molecule has 2 aromatic heterocycles. The molecule has 0 amide bonds. The summed E-state index contributed by atoms with van der Waals surface area (Å²) in [6.07, 6.45) is 3.50. The van der Waals surface area contributed by atoms with Gasteiger partial charge in [-0.2, -0.15) is 9.97 Å². The summed E-state index contributed by atoms with van der Waals surface area (Å²) in [6, 6.07) is 0. The van der Waals surface area contributed by atoms with Gasteiger partial charge in [0.2, 0.25) is 0 Å². The third-order valence-electron chi connectivity index (χ3n) is 2.47. The summed E-state index contributed by atoms with van der Waals surface area (Å²) < 4.78 is 1.36. The van der Waals surface area contributed by atoms with Gasteiger partial charge in [-0.3, -0.25) is 0 Å². The van der Waals surface area contributed by atoms with Crippen LogP contribution in [0.5, 0.6) is 0 Å². The van der Waals surface area contributed by atoms with Gasteiger partial charge in [0.1, 0.15) is 10.7 Å². The van der Waals surface area contributed by atoms with Crippen molar-refractivity contribution in [1.29, 1.82) is 0 Å². The fourth-order valence-corrected chi connectivity index (χ4v) is 1.68. The summed E-state index contributed by atoms with van der Waals surface area (Å²) in [7, 11) is 0. The van der Waals surface area contributed by atoms with Crippen LogP contribution >= 0.6 is 11.6 Å². The van der Waals surface area contributed by atoms with Crippen molar-refractivity contribution < 1.29 is 9.90 Å². The van der Waals surface area contributed by atoms with Crippen LogP contribution in [0.25, 0.3) is 5.78 Å². The molecule has 1 aliphatic rings. The highest BCUT2D eigenvalue weighted by Crippen LogP contribution is 2.38. The molecule has 16 heavy (non-hydrogen) atoms. The van der Waals surface area contributed by atoms with Crippen LogP contribution in [-0.2, 0) is 0 Å². The number of rotatable bonds is 2. The smallest absolute Gasteiger partial charge is 0.340 e. The molecule has 0 unspecified atom stereocenters. The standard InChI is InChI=1S/C9H7ClN4O2/c10-6-5(8(15)16)3-14-9(11-6)12-7(13-14)4-1-2-4/h3-4H,1-2H2,(H,15,16). The van der Waals surface area contributed by atoms with Gasteiger partial charge in [0.05, 0.1) is 6.20 Å². The summed E-state index contributed by atoms with van der Waals surface area (Å²) >= 11 is 5.73. The predicted molar refractivity (Wildman–Crippen MR) is 54.7 cm³/mol. The van der Waals surface area contributed by atoms with E-state index in [1.165, 1.54) is 10.7 Å². The highest BCUT2D eigenvalue weighted by atomic mass is 35.5. The predicted octanol–water partition coefficient (Wildman–Crippen LogP) is 1.35. The van der Waals surface area contributed by atoms with Crippen LogP contribution in [0.15, 0.2) is 6.20 Å². The summed E-state index contributed by atoms with van der Waals surface area (Å²) in [5.74, 6) is 0.333. The summed E-state index contributed by atoms with van der Waals surface area (Å²) in [5.41, 5.74) is -0.0681.